The van der Waals surface area contributed by atoms with E-state index < -0.39 is 0 Å². The lowest BCUT2D eigenvalue weighted by Gasteiger charge is -2.07. The summed E-state index contributed by atoms with van der Waals surface area (Å²) < 4.78 is 1.61. The van der Waals surface area contributed by atoms with Crippen molar-refractivity contribution < 1.29 is 9.59 Å². The average molecular weight is 334 g/mol. The normalized spacial score (nSPS) is 10.4. The molecule has 2 N–H and O–H groups in total. The average Bonchev–Trinajstić information content (AvgIpc) is 3.01. The molecule has 3 rings (SSSR count). The largest absolute Gasteiger partial charge is 0.347 e. The van der Waals surface area contributed by atoms with Crippen molar-refractivity contribution in [3.8, 4) is 0 Å². The van der Waals surface area contributed by atoms with Crippen LogP contribution in [0.3, 0.4) is 0 Å². The Morgan fingerprint density at radius 3 is 2.68 bits per heavy atom. The van der Waals surface area contributed by atoms with Crippen molar-refractivity contribution in [2.75, 3.05) is 11.9 Å². The number of hydrogen-bond acceptors (Lipinski definition) is 3. The number of para-hydroxylation sites is 1. The molecular weight excluding hydrogens is 316 g/mol. The minimum Gasteiger partial charge on any atom is -0.347 e. The summed E-state index contributed by atoms with van der Waals surface area (Å²) >= 11 is 0. The summed E-state index contributed by atoms with van der Waals surface area (Å²) in [6.07, 6.45) is 3.29. The van der Waals surface area contributed by atoms with Crippen LogP contribution in [-0.4, -0.2) is 27.7 Å². The highest BCUT2D eigenvalue weighted by Crippen LogP contribution is 2.17. The Bertz CT molecular complexity index is 959. The first-order valence-corrected chi connectivity index (χ1v) is 7.85. The molecule has 0 unspecified atom stereocenters. The molecular formula is C19H18N4O2. The molecule has 2 aromatic heterocycles. The summed E-state index contributed by atoms with van der Waals surface area (Å²) in [5.74, 6) is -0.570. The molecule has 0 fully saturated rings. The topological polar surface area (TPSA) is 75.5 Å². The molecule has 1 aromatic carbocycles. The predicted molar refractivity (Wildman–Crippen MR) is 96.9 cm³/mol. The van der Waals surface area contributed by atoms with E-state index in [2.05, 4.69) is 22.2 Å². The van der Waals surface area contributed by atoms with E-state index in [9.17, 15) is 9.59 Å². The van der Waals surface area contributed by atoms with E-state index in [0.29, 0.717) is 17.7 Å². The van der Waals surface area contributed by atoms with Crippen LogP contribution >= 0.6 is 0 Å². The van der Waals surface area contributed by atoms with Crippen molar-refractivity contribution in [2.45, 2.75) is 6.92 Å². The first-order chi connectivity index (χ1) is 12.1. The third-order valence-electron chi connectivity index (χ3n) is 3.77. The van der Waals surface area contributed by atoms with Gasteiger partial charge in [0.1, 0.15) is 0 Å². The van der Waals surface area contributed by atoms with Crippen molar-refractivity contribution in [3.63, 3.8) is 0 Å². The number of carbonyl (C=O) groups is 2. The van der Waals surface area contributed by atoms with Gasteiger partial charge in [0.2, 0.25) is 5.82 Å². The number of amides is 2. The minimum absolute atomic E-state index is 0.155. The Balaban J connectivity index is 1.99. The number of hydrogen-bond donors (Lipinski definition) is 2. The standard InChI is InChI=1S/C19H18N4O2/c1-3-11-20-18(24)16-15-10-6-7-12-23(15)17(22-16)19(25)21-14-9-5-4-8-13(14)2/h3-10,12H,1,11H2,2H3,(H,20,24)(H,21,25). The van der Waals surface area contributed by atoms with E-state index in [1.54, 1.807) is 34.9 Å². The molecule has 6 nitrogen and oxygen atoms in total. The molecule has 0 bridgehead atoms. The molecule has 2 heterocycles. The number of pyridine rings is 1. The van der Waals surface area contributed by atoms with E-state index in [1.165, 1.54) is 0 Å². The van der Waals surface area contributed by atoms with Crippen molar-refractivity contribution in [1.82, 2.24) is 14.7 Å². The number of nitrogens with zero attached hydrogens (tertiary/aromatic N) is 2. The summed E-state index contributed by atoms with van der Waals surface area (Å²) in [6, 6.07) is 12.8. The maximum absolute atomic E-state index is 12.7. The van der Waals surface area contributed by atoms with Crippen molar-refractivity contribution >= 4 is 23.0 Å². The highest BCUT2D eigenvalue weighted by molar-refractivity contribution is 6.06. The van der Waals surface area contributed by atoms with Crippen LogP contribution in [0.4, 0.5) is 5.69 Å². The lowest BCUT2D eigenvalue weighted by atomic mass is 10.2. The van der Waals surface area contributed by atoms with Crippen LogP contribution in [0.15, 0.2) is 61.3 Å². The molecule has 0 atom stereocenters. The van der Waals surface area contributed by atoms with Crippen LogP contribution in [-0.2, 0) is 0 Å². The molecule has 0 spiro atoms. The van der Waals surface area contributed by atoms with Crippen LogP contribution in [0.1, 0.15) is 26.7 Å². The van der Waals surface area contributed by atoms with Gasteiger partial charge in [-0.15, -0.1) is 6.58 Å². The van der Waals surface area contributed by atoms with Gasteiger partial charge >= 0.3 is 0 Å². The number of carbonyl (C=O) groups excluding carboxylic acids is 2. The fourth-order valence-corrected chi connectivity index (χ4v) is 2.51. The Kier molecular flexibility index (Phi) is 4.61. The van der Waals surface area contributed by atoms with Gasteiger partial charge in [-0.3, -0.25) is 14.0 Å². The molecule has 0 radical (unpaired) electrons. The summed E-state index contributed by atoms with van der Waals surface area (Å²) in [4.78, 5) is 29.3. The Morgan fingerprint density at radius 2 is 1.92 bits per heavy atom. The zero-order chi connectivity index (χ0) is 17.8. The smallest absolute Gasteiger partial charge is 0.292 e. The fourth-order valence-electron chi connectivity index (χ4n) is 2.51. The molecule has 126 valence electrons. The maximum atomic E-state index is 12.7. The third-order valence-corrected chi connectivity index (χ3v) is 3.77. The van der Waals surface area contributed by atoms with Crippen LogP contribution in [0.25, 0.3) is 5.52 Å². The Hall–Kier alpha value is -3.41. The van der Waals surface area contributed by atoms with Gasteiger partial charge in [0.15, 0.2) is 5.69 Å². The van der Waals surface area contributed by atoms with Crippen LogP contribution < -0.4 is 10.6 Å². The second-order valence-electron chi connectivity index (χ2n) is 5.51. The van der Waals surface area contributed by atoms with Gasteiger partial charge in [0.05, 0.1) is 5.52 Å². The van der Waals surface area contributed by atoms with Crippen LogP contribution in [0, 0.1) is 6.92 Å². The number of fused-ring (bicyclic) bond motifs is 1. The molecule has 3 aromatic rings. The maximum Gasteiger partial charge on any atom is 0.292 e. The SMILES string of the molecule is C=CCNC(=O)c1nc(C(=O)Nc2ccccc2C)n2ccccc12. The third kappa shape index (κ3) is 3.28. The van der Waals surface area contributed by atoms with Gasteiger partial charge in [-0.1, -0.05) is 30.3 Å². The molecule has 0 aliphatic rings. The number of aromatic nitrogens is 2. The van der Waals surface area contributed by atoms with Crippen LogP contribution in [0.5, 0.6) is 0 Å². The predicted octanol–water partition coefficient (Wildman–Crippen LogP) is 2.81. The number of anilines is 1. The van der Waals surface area contributed by atoms with Crippen molar-refractivity contribution in [1.29, 1.82) is 0 Å². The molecule has 2 amide bonds. The van der Waals surface area contributed by atoms with Gasteiger partial charge in [-0.05, 0) is 30.7 Å². The van der Waals surface area contributed by atoms with Gasteiger partial charge in [-0.2, -0.15) is 0 Å². The van der Waals surface area contributed by atoms with E-state index in [4.69, 9.17) is 0 Å². The monoisotopic (exact) mass is 334 g/mol. The van der Waals surface area contributed by atoms with Gasteiger partial charge in [0.25, 0.3) is 11.8 Å². The van der Waals surface area contributed by atoms with Crippen molar-refractivity contribution in [2.24, 2.45) is 0 Å². The highest BCUT2D eigenvalue weighted by atomic mass is 16.2. The van der Waals surface area contributed by atoms with E-state index >= 15 is 0 Å². The quantitative estimate of drug-likeness (QED) is 0.705. The lowest BCUT2D eigenvalue weighted by molar-refractivity contribution is 0.0955. The van der Waals surface area contributed by atoms with Gasteiger partial charge < -0.3 is 10.6 Å². The fraction of sp³-hybridized carbons (Fsp3) is 0.105. The summed E-state index contributed by atoms with van der Waals surface area (Å²) in [5.41, 5.74) is 2.43. The molecule has 0 saturated carbocycles. The molecule has 0 saturated heterocycles. The van der Waals surface area contributed by atoms with E-state index in [1.807, 2.05) is 31.2 Å². The first kappa shape index (κ1) is 16.4. The summed E-state index contributed by atoms with van der Waals surface area (Å²) in [6.45, 7) is 5.81. The van der Waals surface area contributed by atoms with E-state index in [-0.39, 0.29) is 23.3 Å². The van der Waals surface area contributed by atoms with Crippen molar-refractivity contribution in [3.05, 3.63) is 78.4 Å². The summed E-state index contributed by atoms with van der Waals surface area (Å²) in [5, 5.41) is 5.53. The number of nitrogens with one attached hydrogen (secondary N) is 2. The Morgan fingerprint density at radius 1 is 1.16 bits per heavy atom. The second kappa shape index (κ2) is 7.00. The van der Waals surface area contributed by atoms with Gasteiger partial charge in [0, 0.05) is 18.4 Å². The minimum atomic E-state index is -0.377. The second-order valence-corrected chi connectivity index (χ2v) is 5.51. The zero-order valence-electron chi connectivity index (χ0n) is 13.8. The Labute approximate surface area is 145 Å². The number of aryl methyl sites for hydroxylation is 1. The number of imidazole rings is 1. The zero-order valence-corrected chi connectivity index (χ0v) is 13.8. The van der Waals surface area contributed by atoms with Crippen LogP contribution in [0.2, 0.25) is 0 Å². The number of benzene rings is 1. The molecule has 6 heteroatoms. The highest BCUT2D eigenvalue weighted by Gasteiger charge is 2.21. The molecule has 0 aliphatic heterocycles. The molecule has 25 heavy (non-hydrogen) atoms. The molecule has 0 aliphatic carbocycles. The van der Waals surface area contributed by atoms with Gasteiger partial charge in [-0.25, -0.2) is 4.98 Å². The lowest BCUT2D eigenvalue weighted by Crippen LogP contribution is -2.24. The number of rotatable bonds is 5. The summed E-state index contributed by atoms with van der Waals surface area (Å²) in [7, 11) is 0. The first-order valence-electron chi connectivity index (χ1n) is 7.85. The van der Waals surface area contributed by atoms with E-state index in [0.717, 1.165) is 5.56 Å².